The van der Waals surface area contributed by atoms with E-state index in [-0.39, 0.29) is 5.54 Å². The molecule has 2 rings (SSSR count). The third-order valence-corrected chi connectivity index (χ3v) is 4.18. The lowest BCUT2D eigenvalue weighted by Gasteiger charge is -2.47. The van der Waals surface area contributed by atoms with Gasteiger partial charge in [-0.1, -0.05) is 30.3 Å². The number of methoxy groups -OCH3 is 1. The van der Waals surface area contributed by atoms with Crippen LogP contribution in [0.4, 0.5) is 0 Å². The van der Waals surface area contributed by atoms with Crippen molar-refractivity contribution in [3.8, 4) is 0 Å². The Morgan fingerprint density at radius 3 is 2.32 bits per heavy atom. The number of nitrogens with two attached hydrogens (primary N) is 1. The molecule has 3 nitrogen and oxygen atoms in total. The molecule has 3 heteroatoms. The maximum Gasteiger partial charge on any atom is 0.0643 e. The van der Waals surface area contributed by atoms with Gasteiger partial charge in [0.25, 0.3) is 0 Å². The largest absolute Gasteiger partial charge is 0.383 e. The third-order valence-electron chi connectivity index (χ3n) is 4.18. The predicted octanol–water partition coefficient (Wildman–Crippen LogP) is 2.40. The fourth-order valence-electron chi connectivity index (χ4n) is 3.44. The molecular weight excluding hydrogens is 236 g/mol. The van der Waals surface area contributed by atoms with Crippen molar-refractivity contribution in [2.45, 2.75) is 50.9 Å². The fourth-order valence-corrected chi connectivity index (χ4v) is 3.44. The van der Waals surface area contributed by atoms with E-state index < -0.39 is 0 Å². The van der Waals surface area contributed by atoms with Gasteiger partial charge in [0.1, 0.15) is 0 Å². The molecule has 1 unspecified atom stereocenters. The van der Waals surface area contributed by atoms with E-state index in [4.69, 9.17) is 10.5 Å². The van der Waals surface area contributed by atoms with E-state index in [0.29, 0.717) is 18.7 Å². The van der Waals surface area contributed by atoms with Crippen LogP contribution in [0.3, 0.4) is 0 Å². The molecule has 1 aromatic rings. The van der Waals surface area contributed by atoms with Crippen LogP contribution < -0.4 is 5.73 Å². The van der Waals surface area contributed by atoms with Crippen LogP contribution in [-0.2, 0) is 11.3 Å². The lowest BCUT2D eigenvalue weighted by molar-refractivity contribution is 0.0132. The SMILES string of the molecule is COCC1(N)C[C@@H](C)N(Cc2ccccc2)[C@@H](C)C1. The smallest absolute Gasteiger partial charge is 0.0643 e. The van der Waals surface area contributed by atoms with Crippen molar-refractivity contribution in [1.29, 1.82) is 0 Å². The van der Waals surface area contributed by atoms with Crippen molar-refractivity contribution >= 4 is 0 Å². The van der Waals surface area contributed by atoms with E-state index in [1.54, 1.807) is 7.11 Å². The summed E-state index contributed by atoms with van der Waals surface area (Å²) in [7, 11) is 1.74. The van der Waals surface area contributed by atoms with Crippen molar-refractivity contribution in [2.75, 3.05) is 13.7 Å². The summed E-state index contributed by atoms with van der Waals surface area (Å²) in [5.41, 5.74) is 7.66. The van der Waals surface area contributed by atoms with E-state index in [1.807, 2.05) is 0 Å². The van der Waals surface area contributed by atoms with Gasteiger partial charge in [-0.2, -0.15) is 0 Å². The highest BCUT2D eigenvalue weighted by atomic mass is 16.5. The Morgan fingerprint density at radius 2 is 1.79 bits per heavy atom. The number of rotatable bonds is 4. The predicted molar refractivity (Wildman–Crippen MR) is 78.9 cm³/mol. The standard InChI is InChI=1S/C16H26N2O/c1-13-9-16(17,12-19-3)10-14(2)18(13)11-15-7-5-4-6-8-15/h4-8,13-14H,9-12,17H2,1-3H3/t13-,14+,16?. The van der Waals surface area contributed by atoms with Gasteiger partial charge in [0.2, 0.25) is 0 Å². The molecule has 2 N–H and O–H groups in total. The normalized spacial score (nSPS) is 32.4. The Morgan fingerprint density at radius 1 is 1.21 bits per heavy atom. The summed E-state index contributed by atoms with van der Waals surface area (Å²) in [6.07, 6.45) is 2.00. The van der Waals surface area contributed by atoms with E-state index >= 15 is 0 Å². The van der Waals surface area contributed by atoms with Crippen LogP contribution >= 0.6 is 0 Å². The summed E-state index contributed by atoms with van der Waals surface area (Å²) < 4.78 is 5.29. The molecule has 19 heavy (non-hydrogen) atoms. The van der Waals surface area contributed by atoms with Gasteiger partial charge >= 0.3 is 0 Å². The molecule has 1 aliphatic rings. The molecule has 1 saturated heterocycles. The van der Waals surface area contributed by atoms with Crippen molar-refractivity contribution in [1.82, 2.24) is 4.90 Å². The van der Waals surface area contributed by atoms with Crippen LogP contribution in [0.15, 0.2) is 30.3 Å². The molecule has 0 saturated carbocycles. The first-order valence-corrected chi connectivity index (χ1v) is 7.11. The molecule has 106 valence electrons. The zero-order chi connectivity index (χ0) is 13.9. The Hall–Kier alpha value is -0.900. The minimum absolute atomic E-state index is 0.166. The third kappa shape index (κ3) is 3.56. The molecule has 1 heterocycles. The highest BCUT2D eigenvalue weighted by Crippen LogP contribution is 2.30. The number of ether oxygens (including phenoxy) is 1. The molecule has 1 fully saturated rings. The summed E-state index contributed by atoms with van der Waals surface area (Å²) in [5, 5.41) is 0. The Kier molecular flexibility index (Phi) is 4.61. The molecule has 0 aliphatic carbocycles. The average molecular weight is 262 g/mol. The minimum atomic E-state index is -0.166. The van der Waals surface area contributed by atoms with Crippen LogP contribution in [0.5, 0.6) is 0 Å². The Labute approximate surface area is 116 Å². The van der Waals surface area contributed by atoms with Gasteiger partial charge < -0.3 is 10.5 Å². The second-order valence-electron chi connectivity index (χ2n) is 6.06. The van der Waals surface area contributed by atoms with Gasteiger partial charge in [0.05, 0.1) is 6.61 Å². The van der Waals surface area contributed by atoms with Crippen molar-refractivity contribution < 1.29 is 4.74 Å². The first kappa shape index (κ1) is 14.5. The molecule has 0 bridgehead atoms. The quantitative estimate of drug-likeness (QED) is 0.905. The van der Waals surface area contributed by atoms with Gasteiger partial charge in [-0.15, -0.1) is 0 Å². The number of likely N-dealkylation sites (tertiary alicyclic amines) is 1. The first-order chi connectivity index (χ1) is 9.04. The summed E-state index contributed by atoms with van der Waals surface area (Å²) in [4.78, 5) is 2.55. The number of benzene rings is 1. The second-order valence-corrected chi connectivity index (χ2v) is 6.06. The molecule has 0 aromatic heterocycles. The Bertz CT molecular complexity index is 381. The summed E-state index contributed by atoms with van der Waals surface area (Å²) >= 11 is 0. The summed E-state index contributed by atoms with van der Waals surface area (Å²) in [6.45, 7) is 6.21. The molecule has 1 aromatic carbocycles. The molecule has 0 spiro atoms. The lowest BCUT2D eigenvalue weighted by atomic mass is 9.81. The van der Waals surface area contributed by atoms with E-state index in [1.165, 1.54) is 5.56 Å². The van der Waals surface area contributed by atoms with Crippen LogP contribution in [0.2, 0.25) is 0 Å². The molecule has 3 atom stereocenters. The first-order valence-electron chi connectivity index (χ1n) is 7.11. The maximum absolute atomic E-state index is 6.45. The average Bonchev–Trinajstić information content (AvgIpc) is 2.35. The van der Waals surface area contributed by atoms with E-state index in [2.05, 4.69) is 49.1 Å². The number of nitrogens with zero attached hydrogens (tertiary/aromatic N) is 1. The molecule has 0 amide bonds. The molecular formula is C16H26N2O. The van der Waals surface area contributed by atoms with E-state index in [0.717, 1.165) is 19.4 Å². The maximum atomic E-state index is 6.45. The second kappa shape index (κ2) is 6.04. The fraction of sp³-hybridized carbons (Fsp3) is 0.625. The van der Waals surface area contributed by atoms with Crippen LogP contribution in [-0.4, -0.2) is 36.2 Å². The van der Waals surface area contributed by atoms with Crippen LogP contribution in [0.1, 0.15) is 32.3 Å². The van der Waals surface area contributed by atoms with Gasteiger partial charge in [0.15, 0.2) is 0 Å². The van der Waals surface area contributed by atoms with Gasteiger partial charge in [-0.05, 0) is 32.3 Å². The molecule has 1 aliphatic heterocycles. The van der Waals surface area contributed by atoms with Gasteiger partial charge in [-0.3, -0.25) is 4.90 Å². The van der Waals surface area contributed by atoms with Crippen molar-refractivity contribution in [2.24, 2.45) is 5.73 Å². The zero-order valence-corrected chi connectivity index (χ0v) is 12.3. The topological polar surface area (TPSA) is 38.5 Å². The lowest BCUT2D eigenvalue weighted by Crippen LogP contribution is -2.59. The highest BCUT2D eigenvalue weighted by molar-refractivity contribution is 5.15. The van der Waals surface area contributed by atoms with Gasteiger partial charge in [-0.25, -0.2) is 0 Å². The van der Waals surface area contributed by atoms with Crippen LogP contribution in [0.25, 0.3) is 0 Å². The monoisotopic (exact) mass is 262 g/mol. The van der Waals surface area contributed by atoms with Crippen molar-refractivity contribution in [3.63, 3.8) is 0 Å². The number of piperidine rings is 1. The number of hydrogen-bond donors (Lipinski definition) is 1. The van der Waals surface area contributed by atoms with Crippen molar-refractivity contribution in [3.05, 3.63) is 35.9 Å². The molecule has 0 radical (unpaired) electrons. The van der Waals surface area contributed by atoms with Gasteiger partial charge in [0, 0.05) is 31.3 Å². The van der Waals surface area contributed by atoms with E-state index in [9.17, 15) is 0 Å². The number of hydrogen-bond acceptors (Lipinski definition) is 3. The minimum Gasteiger partial charge on any atom is -0.383 e. The summed E-state index contributed by atoms with van der Waals surface area (Å²) in [5.74, 6) is 0. The van der Waals surface area contributed by atoms with Crippen LogP contribution in [0, 0.1) is 0 Å². The zero-order valence-electron chi connectivity index (χ0n) is 12.3. The Balaban J connectivity index is 2.04. The summed E-state index contributed by atoms with van der Waals surface area (Å²) in [6, 6.07) is 11.6. The highest BCUT2D eigenvalue weighted by Gasteiger charge is 2.38.